The standard InChI is InChI=1S/C10H6Cl2F4O2/c11-8(12)7(17)5-2-1-3-6(4-5)18-10(15,16)9(13)14/h1-4,8-9H. The predicted octanol–water partition coefficient (Wildman–Crippen LogP) is 3.91. The van der Waals surface area contributed by atoms with Gasteiger partial charge in [0.1, 0.15) is 5.75 Å². The Bertz CT molecular complexity index is 438. The molecule has 0 aliphatic rings. The van der Waals surface area contributed by atoms with E-state index in [9.17, 15) is 22.4 Å². The Morgan fingerprint density at radius 3 is 2.39 bits per heavy atom. The van der Waals surface area contributed by atoms with Crippen molar-refractivity contribution in [3.05, 3.63) is 29.8 Å². The van der Waals surface area contributed by atoms with Crippen LogP contribution in [0.25, 0.3) is 0 Å². The highest BCUT2D eigenvalue weighted by Crippen LogP contribution is 2.28. The molecule has 0 fully saturated rings. The number of hydrogen-bond acceptors (Lipinski definition) is 2. The summed E-state index contributed by atoms with van der Waals surface area (Å²) < 4.78 is 52.8. The van der Waals surface area contributed by atoms with Gasteiger partial charge in [0.15, 0.2) is 10.6 Å². The number of alkyl halides is 6. The van der Waals surface area contributed by atoms with Crippen molar-refractivity contribution in [3.8, 4) is 5.75 Å². The Morgan fingerprint density at radius 2 is 1.89 bits per heavy atom. The van der Waals surface area contributed by atoms with Crippen molar-refractivity contribution in [2.24, 2.45) is 0 Å². The molecule has 1 rings (SSSR count). The summed E-state index contributed by atoms with van der Waals surface area (Å²) in [6.45, 7) is 0. The molecule has 0 aromatic heterocycles. The first kappa shape index (κ1) is 15.0. The van der Waals surface area contributed by atoms with E-state index < -0.39 is 28.9 Å². The molecular formula is C10H6Cl2F4O2. The average molecular weight is 305 g/mol. The van der Waals surface area contributed by atoms with Crippen LogP contribution in [0.15, 0.2) is 24.3 Å². The Balaban J connectivity index is 2.93. The summed E-state index contributed by atoms with van der Waals surface area (Å²) in [6.07, 6.45) is -8.62. The molecule has 0 saturated heterocycles. The van der Waals surface area contributed by atoms with Gasteiger partial charge in [-0.3, -0.25) is 4.79 Å². The van der Waals surface area contributed by atoms with E-state index in [4.69, 9.17) is 23.2 Å². The highest BCUT2D eigenvalue weighted by Gasteiger charge is 2.44. The van der Waals surface area contributed by atoms with E-state index in [1.807, 2.05) is 0 Å². The van der Waals surface area contributed by atoms with E-state index in [-0.39, 0.29) is 5.56 Å². The Kier molecular flexibility index (Phi) is 4.81. The number of carbonyl (C=O) groups is 1. The number of rotatable bonds is 5. The molecule has 0 N–H and O–H groups in total. The van der Waals surface area contributed by atoms with Crippen LogP contribution in [-0.4, -0.2) is 23.2 Å². The quantitative estimate of drug-likeness (QED) is 0.468. The molecule has 0 radical (unpaired) electrons. The molecular weight excluding hydrogens is 299 g/mol. The molecule has 0 atom stereocenters. The van der Waals surface area contributed by atoms with Gasteiger partial charge in [-0.2, -0.15) is 17.6 Å². The zero-order valence-electron chi connectivity index (χ0n) is 8.55. The molecule has 0 unspecified atom stereocenters. The minimum absolute atomic E-state index is 0.118. The van der Waals surface area contributed by atoms with Crippen molar-refractivity contribution < 1.29 is 27.1 Å². The predicted molar refractivity (Wildman–Crippen MR) is 57.8 cm³/mol. The number of ketones is 1. The van der Waals surface area contributed by atoms with E-state index in [2.05, 4.69) is 4.74 Å². The van der Waals surface area contributed by atoms with Crippen molar-refractivity contribution in [2.45, 2.75) is 17.4 Å². The lowest BCUT2D eigenvalue weighted by atomic mass is 10.1. The lowest BCUT2D eigenvalue weighted by Gasteiger charge is -2.17. The van der Waals surface area contributed by atoms with Gasteiger partial charge in [-0.15, -0.1) is 0 Å². The van der Waals surface area contributed by atoms with E-state index >= 15 is 0 Å². The second-order valence-electron chi connectivity index (χ2n) is 3.16. The maximum absolute atomic E-state index is 12.6. The monoisotopic (exact) mass is 304 g/mol. The lowest BCUT2D eigenvalue weighted by Crippen LogP contribution is -2.33. The fraction of sp³-hybridized carbons (Fsp3) is 0.300. The fourth-order valence-electron chi connectivity index (χ4n) is 1.04. The van der Waals surface area contributed by atoms with Gasteiger partial charge in [0, 0.05) is 5.56 Å². The summed E-state index contributed by atoms with van der Waals surface area (Å²) in [6, 6.07) is 4.29. The Hall–Kier alpha value is -1.01. The van der Waals surface area contributed by atoms with Crippen LogP contribution in [0.1, 0.15) is 10.4 Å². The van der Waals surface area contributed by atoms with Gasteiger partial charge in [-0.25, -0.2) is 0 Å². The zero-order chi connectivity index (χ0) is 13.9. The molecule has 100 valence electrons. The Morgan fingerprint density at radius 1 is 1.28 bits per heavy atom. The largest absolute Gasteiger partial charge is 0.461 e. The summed E-state index contributed by atoms with van der Waals surface area (Å²) in [7, 11) is 0. The normalized spacial score (nSPS) is 12.0. The SMILES string of the molecule is O=C(c1cccc(OC(F)(F)C(F)F)c1)C(Cl)Cl. The van der Waals surface area contributed by atoms with Crippen LogP contribution in [0.3, 0.4) is 0 Å². The molecule has 0 saturated carbocycles. The number of halogens is 6. The number of carbonyl (C=O) groups excluding carboxylic acids is 1. The minimum Gasteiger partial charge on any atom is -0.428 e. The highest BCUT2D eigenvalue weighted by molar-refractivity contribution is 6.55. The molecule has 0 spiro atoms. The van der Waals surface area contributed by atoms with Crippen LogP contribution in [0.4, 0.5) is 17.6 Å². The van der Waals surface area contributed by atoms with Crippen molar-refractivity contribution in [2.75, 3.05) is 0 Å². The van der Waals surface area contributed by atoms with Gasteiger partial charge in [0.05, 0.1) is 0 Å². The first-order valence-corrected chi connectivity index (χ1v) is 5.38. The third kappa shape index (κ3) is 3.74. The van der Waals surface area contributed by atoms with Gasteiger partial charge >= 0.3 is 12.5 Å². The summed E-state index contributed by atoms with van der Waals surface area (Å²) >= 11 is 10.6. The van der Waals surface area contributed by atoms with Gasteiger partial charge in [-0.1, -0.05) is 35.3 Å². The maximum atomic E-state index is 12.6. The van der Waals surface area contributed by atoms with Crippen LogP contribution in [0, 0.1) is 0 Å². The highest BCUT2D eigenvalue weighted by atomic mass is 35.5. The lowest BCUT2D eigenvalue weighted by molar-refractivity contribution is -0.253. The molecule has 0 aliphatic carbocycles. The van der Waals surface area contributed by atoms with Crippen molar-refractivity contribution in [3.63, 3.8) is 0 Å². The molecule has 0 aliphatic heterocycles. The van der Waals surface area contributed by atoms with Crippen LogP contribution in [-0.2, 0) is 0 Å². The van der Waals surface area contributed by atoms with Crippen LogP contribution in [0.5, 0.6) is 5.75 Å². The van der Waals surface area contributed by atoms with Gasteiger partial charge in [-0.05, 0) is 12.1 Å². The smallest absolute Gasteiger partial charge is 0.428 e. The first-order valence-electron chi connectivity index (χ1n) is 4.51. The fourth-order valence-corrected chi connectivity index (χ4v) is 1.29. The third-order valence-corrected chi connectivity index (χ3v) is 2.22. The molecule has 0 bridgehead atoms. The summed E-state index contributed by atoms with van der Waals surface area (Å²) in [4.78, 5) is 9.96. The average Bonchev–Trinajstić information content (AvgIpc) is 2.27. The summed E-state index contributed by atoms with van der Waals surface area (Å²) in [5, 5.41) is 0. The molecule has 0 amide bonds. The minimum atomic E-state index is -4.64. The second-order valence-corrected chi connectivity index (χ2v) is 4.25. The van der Waals surface area contributed by atoms with Crippen LogP contribution in [0.2, 0.25) is 0 Å². The number of Topliss-reactive ketones (excluding diaryl/α,β-unsaturated/α-hetero) is 1. The van der Waals surface area contributed by atoms with E-state index in [0.29, 0.717) is 0 Å². The van der Waals surface area contributed by atoms with Crippen LogP contribution >= 0.6 is 23.2 Å². The van der Waals surface area contributed by atoms with Crippen molar-refractivity contribution in [1.82, 2.24) is 0 Å². The summed E-state index contributed by atoms with van der Waals surface area (Å²) in [5.41, 5.74) is -0.118. The van der Waals surface area contributed by atoms with E-state index in [0.717, 1.165) is 12.1 Å². The second kappa shape index (κ2) is 5.75. The van der Waals surface area contributed by atoms with Gasteiger partial charge < -0.3 is 4.74 Å². The first-order chi connectivity index (χ1) is 8.24. The molecule has 1 aromatic carbocycles. The van der Waals surface area contributed by atoms with Crippen LogP contribution < -0.4 is 4.74 Å². The molecule has 2 nitrogen and oxygen atoms in total. The molecule has 8 heteroatoms. The maximum Gasteiger partial charge on any atom is 0.461 e. The van der Waals surface area contributed by atoms with E-state index in [1.165, 1.54) is 12.1 Å². The molecule has 0 heterocycles. The zero-order valence-corrected chi connectivity index (χ0v) is 10.1. The molecule has 18 heavy (non-hydrogen) atoms. The van der Waals surface area contributed by atoms with Gasteiger partial charge in [0.2, 0.25) is 0 Å². The number of benzene rings is 1. The summed E-state index contributed by atoms with van der Waals surface area (Å²) in [5.74, 6) is -1.33. The third-order valence-electron chi connectivity index (χ3n) is 1.82. The van der Waals surface area contributed by atoms with Gasteiger partial charge in [0.25, 0.3) is 0 Å². The van der Waals surface area contributed by atoms with Crippen molar-refractivity contribution in [1.29, 1.82) is 0 Å². The van der Waals surface area contributed by atoms with E-state index in [1.54, 1.807) is 0 Å². The Labute approximate surface area is 109 Å². The number of ether oxygens (including phenoxy) is 1. The molecule has 1 aromatic rings. The topological polar surface area (TPSA) is 26.3 Å². The number of hydrogen-bond donors (Lipinski definition) is 0. The van der Waals surface area contributed by atoms with Crippen molar-refractivity contribution >= 4 is 29.0 Å².